The minimum absolute atomic E-state index is 0.159. The highest BCUT2D eigenvalue weighted by Crippen LogP contribution is 2.32. The maximum Gasteiger partial charge on any atom is 0.130 e. The van der Waals surface area contributed by atoms with Crippen molar-refractivity contribution in [1.29, 1.82) is 0 Å². The summed E-state index contributed by atoms with van der Waals surface area (Å²) in [6.07, 6.45) is 0. The van der Waals surface area contributed by atoms with Gasteiger partial charge in [-0.3, -0.25) is 0 Å². The van der Waals surface area contributed by atoms with Crippen LogP contribution in [0.4, 0.5) is 4.39 Å². The normalized spacial score (nSPS) is 11.2. The Morgan fingerprint density at radius 2 is 1.67 bits per heavy atom. The van der Waals surface area contributed by atoms with Crippen LogP contribution in [-0.2, 0) is 0 Å². The molecule has 0 N–H and O–H groups in total. The van der Waals surface area contributed by atoms with E-state index in [0.717, 1.165) is 11.1 Å². The minimum Gasteiger partial charge on any atom is -0.497 e. The Kier molecular flexibility index (Phi) is 3.72. The lowest BCUT2D eigenvalue weighted by Crippen LogP contribution is -2.03. The summed E-state index contributed by atoms with van der Waals surface area (Å²) in [5.41, 5.74) is 1.85. The van der Waals surface area contributed by atoms with Crippen LogP contribution in [0.1, 0.15) is 50.7 Å². The Morgan fingerprint density at radius 3 is 2.07 bits per heavy atom. The first-order valence-electron chi connectivity index (χ1n) is 5.34. The average molecular weight is 210 g/mol. The lowest BCUT2D eigenvalue weighted by molar-refractivity contribution is 0.409. The summed E-state index contributed by atoms with van der Waals surface area (Å²) in [6.45, 7) is 8.16. The molecule has 2 heteroatoms. The SMILES string of the molecule is COc1cc(F)c(C(C)C)c(C(C)C)c1. The Morgan fingerprint density at radius 1 is 1.07 bits per heavy atom. The molecule has 0 aliphatic heterocycles. The monoisotopic (exact) mass is 210 g/mol. The van der Waals surface area contributed by atoms with Gasteiger partial charge in [0, 0.05) is 6.07 Å². The molecule has 0 unspecified atom stereocenters. The molecule has 0 aromatic heterocycles. The lowest BCUT2D eigenvalue weighted by Gasteiger charge is -2.18. The van der Waals surface area contributed by atoms with E-state index < -0.39 is 0 Å². The second-order valence-electron chi connectivity index (χ2n) is 4.42. The number of hydrogen-bond donors (Lipinski definition) is 0. The van der Waals surface area contributed by atoms with Crippen LogP contribution in [0.15, 0.2) is 12.1 Å². The quantitative estimate of drug-likeness (QED) is 0.730. The van der Waals surface area contributed by atoms with Crippen molar-refractivity contribution in [3.05, 3.63) is 29.1 Å². The summed E-state index contributed by atoms with van der Waals surface area (Å²) in [7, 11) is 1.56. The van der Waals surface area contributed by atoms with Crippen LogP contribution < -0.4 is 4.74 Å². The summed E-state index contributed by atoms with van der Waals surface area (Å²) in [5.74, 6) is 0.953. The molecule has 84 valence electrons. The predicted molar refractivity (Wildman–Crippen MR) is 61.1 cm³/mol. The number of halogens is 1. The Labute approximate surface area is 91.3 Å². The van der Waals surface area contributed by atoms with Crippen LogP contribution in [0.25, 0.3) is 0 Å². The van der Waals surface area contributed by atoms with Gasteiger partial charge in [-0.15, -0.1) is 0 Å². The van der Waals surface area contributed by atoms with Crippen LogP contribution in [-0.4, -0.2) is 7.11 Å². The lowest BCUT2D eigenvalue weighted by atomic mass is 9.90. The average Bonchev–Trinajstić information content (AvgIpc) is 2.15. The molecule has 0 bridgehead atoms. The third-order valence-electron chi connectivity index (χ3n) is 2.57. The van der Waals surface area contributed by atoms with E-state index in [4.69, 9.17) is 4.74 Å². The van der Waals surface area contributed by atoms with Gasteiger partial charge in [-0.2, -0.15) is 0 Å². The molecule has 1 rings (SSSR count). The first kappa shape index (κ1) is 12.0. The first-order valence-corrected chi connectivity index (χ1v) is 5.34. The van der Waals surface area contributed by atoms with Gasteiger partial charge in [0.15, 0.2) is 0 Å². The second kappa shape index (κ2) is 4.65. The highest BCUT2D eigenvalue weighted by Gasteiger charge is 2.16. The van der Waals surface area contributed by atoms with Crippen molar-refractivity contribution in [3.8, 4) is 5.75 Å². The van der Waals surface area contributed by atoms with Crippen LogP contribution in [0.3, 0.4) is 0 Å². The van der Waals surface area contributed by atoms with Crippen LogP contribution in [0, 0.1) is 5.82 Å². The van der Waals surface area contributed by atoms with Gasteiger partial charge in [-0.1, -0.05) is 27.7 Å². The summed E-state index contributed by atoms with van der Waals surface area (Å²) in [6, 6.07) is 3.39. The highest BCUT2D eigenvalue weighted by atomic mass is 19.1. The minimum atomic E-state index is -0.159. The maximum atomic E-state index is 13.8. The van der Waals surface area contributed by atoms with Gasteiger partial charge in [0.05, 0.1) is 7.11 Å². The fourth-order valence-corrected chi connectivity index (χ4v) is 1.82. The van der Waals surface area contributed by atoms with E-state index >= 15 is 0 Å². The van der Waals surface area contributed by atoms with E-state index in [1.165, 1.54) is 6.07 Å². The smallest absolute Gasteiger partial charge is 0.130 e. The van der Waals surface area contributed by atoms with Crippen LogP contribution in [0.5, 0.6) is 5.75 Å². The van der Waals surface area contributed by atoms with E-state index in [1.807, 2.05) is 19.9 Å². The maximum absolute atomic E-state index is 13.8. The summed E-state index contributed by atoms with van der Waals surface area (Å²) in [5, 5.41) is 0. The molecule has 0 fully saturated rings. The van der Waals surface area contributed by atoms with Crippen molar-refractivity contribution in [1.82, 2.24) is 0 Å². The third-order valence-corrected chi connectivity index (χ3v) is 2.57. The van der Waals surface area contributed by atoms with Crippen molar-refractivity contribution in [2.24, 2.45) is 0 Å². The standard InChI is InChI=1S/C13H19FO/c1-8(2)11-6-10(15-5)7-12(14)13(11)9(3)4/h6-9H,1-5H3. The zero-order valence-corrected chi connectivity index (χ0v) is 10.1. The summed E-state index contributed by atoms with van der Waals surface area (Å²) in [4.78, 5) is 0. The zero-order chi connectivity index (χ0) is 11.6. The molecule has 0 atom stereocenters. The molecule has 0 radical (unpaired) electrons. The van der Waals surface area contributed by atoms with E-state index in [9.17, 15) is 4.39 Å². The molecule has 0 heterocycles. The largest absolute Gasteiger partial charge is 0.497 e. The van der Waals surface area contributed by atoms with E-state index in [1.54, 1.807) is 7.11 Å². The van der Waals surface area contributed by atoms with E-state index in [0.29, 0.717) is 11.7 Å². The number of hydrogen-bond acceptors (Lipinski definition) is 1. The molecule has 0 saturated carbocycles. The Bertz CT molecular complexity index is 343. The van der Waals surface area contributed by atoms with Gasteiger partial charge >= 0.3 is 0 Å². The van der Waals surface area contributed by atoms with Gasteiger partial charge < -0.3 is 4.74 Å². The molecule has 1 nitrogen and oxygen atoms in total. The molecule has 0 spiro atoms. The number of ether oxygens (including phenoxy) is 1. The second-order valence-corrected chi connectivity index (χ2v) is 4.42. The Hall–Kier alpha value is -1.05. The molecule has 0 aliphatic rings. The van der Waals surface area contributed by atoms with Crippen LogP contribution >= 0.6 is 0 Å². The van der Waals surface area contributed by atoms with Crippen molar-refractivity contribution < 1.29 is 9.13 Å². The highest BCUT2D eigenvalue weighted by molar-refractivity contribution is 5.40. The Balaban J connectivity index is 3.36. The van der Waals surface area contributed by atoms with Crippen molar-refractivity contribution in [3.63, 3.8) is 0 Å². The van der Waals surface area contributed by atoms with Crippen LogP contribution in [0.2, 0.25) is 0 Å². The first-order chi connectivity index (χ1) is 6.97. The molecule has 1 aromatic carbocycles. The predicted octanol–water partition coefficient (Wildman–Crippen LogP) is 4.08. The topological polar surface area (TPSA) is 9.23 Å². The summed E-state index contributed by atoms with van der Waals surface area (Å²) >= 11 is 0. The summed E-state index contributed by atoms with van der Waals surface area (Å²) < 4.78 is 18.9. The van der Waals surface area contributed by atoms with Crippen molar-refractivity contribution in [2.75, 3.05) is 7.11 Å². The number of benzene rings is 1. The molecular formula is C13H19FO. The van der Waals surface area contributed by atoms with Crippen molar-refractivity contribution in [2.45, 2.75) is 39.5 Å². The molecule has 1 aromatic rings. The fourth-order valence-electron chi connectivity index (χ4n) is 1.82. The van der Waals surface area contributed by atoms with Gasteiger partial charge in [0.1, 0.15) is 11.6 Å². The van der Waals surface area contributed by atoms with Gasteiger partial charge in [0.2, 0.25) is 0 Å². The number of rotatable bonds is 3. The fraction of sp³-hybridized carbons (Fsp3) is 0.538. The van der Waals surface area contributed by atoms with Gasteiger partial charge in [-0.25, -0.2) is 4.39 Å². The van der Waals surface area contributed by atoms with Crippen molar-refractivity contribution >= 4 is 0 Å². The zero-order valence-electron chi connectivity index (χ0n) is 10.1. The number of methoxy groups -OCH3 is 1. The van der Waals surface area contributed by atoms with E-state index in [-0.39, 0.29) is 11.7 Å². The molecule has 0 amide bonds. The molecule has 15 heavy (non-hydrogen) atoms. The van der Waals surface area contributed by atoms with Gasteiger partial charge in [0.25, 0.3) is 0 Å². The molecule has 0 saturated heterocycles. The van der Waals surface area contributed by atoms with E-state index in [2.05, 4.69) is 13.8 Å². The van der Waals surface area contributed by atoms with Gasteiger partial charge in [-0.05, 0) is 29.0 Å². The molecular weight excluding hydrogens is 191 g/mol. The molecule has 0 aliphatic carbocycles. The third kappa shape index (κ3) is 2.49.